The van der Waals surface area contributed by atoms with Gasteiger partial charge in [0.2, 0.25) is 0 Å². The van der Waals surface area contributed by atoms with E-state index >= 15 is 0 Å². The van der Waals surface area contributed by atoms with Crippen LogP contribution >= 0.6 is 0 Å². The molecule has 0 spiro atoms. The van der Waals surface area contributed by atoms with E-state index in [2.05, 4.69) is 38.1 Å². The van der Waals surface area contributed by atoms with Crippen LogP contribution in [0.2, 0.25) is 0 Å². The largest absolute Gasteiger partial charge is 0.327 e. The van der Waals surface area contributed by atoms with Gasteiger partial charge in [0.15, 0.2) is 0 Å². The lowest BCUT2D eigenvalue weighted by atomic mass is 9.83. The summed E-state index contributed by atoms with van der Waals surface area (Å²) >= 11 is 0. The number of hydrogen-bond donors (Lipinski definition) is 1. The zero-order valence-corrected chi connectivity index (χ0v) is 11.7. The zero-order chi connectivity index (χ0) is 13.0. The Morgan fingerprint density at radius 2 is 1.72 bits per heavy atom. The third-order valence-corrected chi connectivity index (χ3v) is 3.96. The first-order valence-electron chi connectivity index (χ1n) is 7.18. The molecule has 0 aliphatic heterocycles. The van der Waals surface area contributed by atoms with Gasteiger partial charge in [0.1, 0.15) is 0 Å². The van der Waals surface area contributed by atoms with Gasteiger partial charge in [-0.2, -0.15) is 0 Å². The van der Waals surface area contributed by atoms with E-state index in [9.17, 15) is 0 Å². The van der Waals surface area contributed by atoms with Gasteiger partial charge in [-0.1, -0.05) is 60.2 Å². The molecule has 0 radical (unpaired) electrons. The van der Waals surface area contributed by atoms with Gasteiger partial charge in [-0.05, 0) is 38.2 Å². The minimum absolute atomic E-state index is 0.706. The summed E-state index contributed by atoms with van der Waals surface area (Å²) in [6.07, 6.45) is 9.12. The van der Waals surface area contributed by atoms with Crippen molar-refractivity contribution in [2.24, 2.45) is 11.7 Å². The Bertz CT molecular complexity index is 405. The van der Waals surface area contributed by atoms with Crippen LogP contribution in [-0.4, -0.2) is 6.54 Å². The van der Waals surface area contributed by atoms with Crippen molar-refractivity contribution in [3.63, 3.8) is 0 Å². The van der Waals surface area contributed by atoms with Gasteiger partial charge in [0.05, 0.1) is 0 Å². The summed E-state index contributed by atoms with van der Waals surface area (Å²) < 4.78 is 0. The average Bonchev–Trinajstić information content (AvgIpc) is 2.36. The Morgan fingerprint density at radius 1 is 1.11 bits per heavy atom. The van der Waals surface area contributed by atoms with Gasteiger partial charge in [-0.3, -0.25) is 0 Å². The van der Waals surface area contributed by atoms with E-state index in [1.807, 2.05) is 0 Å². The second kappa shape index (κ2) is 6.19. The lowest BCUT2D eigenvalue weighted by Crippen LogP contribution is -2.16. The highest BCUT2D eigenvalue weighted by Gasteiger charge is 2.16. The van der Waals surface area contributed by atoms with Crippen molar-refractivity contribution in [1.29, 1.82) is 0 Å². The Labute approximate surface area is 111 Å². The molecule has 0 heterocycles. The van der Waals surface area contributed by atoms with Crippen LogP contribution in [0.3, 0.4) is 0 Å². The summed E-state index contributed by atoms with van der Waals surface area (Å²) in [7, 11) is 0. The van der Waals surface area contributed by atoms with Gasteiger partial charge in [-0.25, -0.2) is 0 Å². The predicted molar refractivity (Wildman–Crippen MR) is 79.5 cm³/mol. The van der Waals surface area contributed by atoms with Gasteiger partial charge in [-0.15, -0.1) is 0 Å². The van der Waals surface area contributed by atoms with Crippen molar-refractivity contribution in [2.45, 2.75) is 46.0 Å². The van der Waals surface area contributed by atoms with Crippen LogP contribution in [0.5, 0.6) is 0 Å². The molecule has 1 nitrogen and oxygen atoms in total. The SMILES string of the molecule is Cc1cc(C)cc(C=C(CN)C2CCCCC2)c1. The van der Waals surface area contributed by atoms with E-state index in [0.717, 1.165) is 5.92 Å². The van der Waals surface area contributed by atoms with E-state index in [1.54, 1.807) is 0 Å². The molecule has 18 heavy (non-hydrogen) atoms. The molecule has 1 fully saturated rings. The van der Waals surface area contributed by atoms with E-state index in [4.69, 9.17) is 5.73 Å². The molecule has 0 saturated heterocycles. The fourth-order valence-corrected chi connectivity index (χ4v) is 3.12. The van der Waals surface area contributed by atoms with Crippen molar-refractivity contribution in [2.75, 3.05) is 6.54 Å². The molecule has 0 unspecified atom stereocenters. The van der Waals surface area contributed by atoms with Gasteiger partial charge >= 0.3 is 0 Å². The smallest absolute Gasteiger partial charge is 0.0142 e. The maximum Gasteiger partial charge on any atom is 0.0142 e. The van der Waals surface area contributed by atoms with E-state index < -0.39 is 0 Å². The number of rotatable bonds is 3. The summed E-state index contributed by atoms with van der Waals surface area (Å²) in [5, 5.41) is 0. The Morgan fingerprint density at radius 3 is 2.28 bits per heavy atom. The van der Waals surface area contributed by atoms with Crippen molar-refractivity contribution in [3.8, 4) is 0 Å². The fourth-order valence-electron chi connectivity index (χ4n) is 3.12. The van der Waals surface area contributed by atoms with Crippen LogP contribution in [0.25, 0.3) is 6.08 Å². The molecule has 0 aromatic heterocycles. The number of benzene rings is 1. The van der Waals surface area contributed by atoms with Crippen LogP contribution in [0.4, 0.5) is 0 Å². The molecule has 1 heteroatoms. The highest BCUT2D eigenvalue weighted by molar-refractivity contribution is 5.56. The zero-order valence-electron chi connectivity index (χ0n) is 11.7. The highest BCUT2D eigenvalue weighted by Crippen LogP contribution is 2.30. The Balaban J connectivity index is 2.22. The summed E-state index contributed by atoms with van der Waals surface area (Å²) in [6, 6.07) is 6.73. The summed E-state index contributed by atoms with van der Waals surface area (Å²) in [5.74, 6) is 0.726. The number of nitrogens with two attached hydrogens (primary N) is 1. The highest BCUT2D eigenvalue weighted by atomic mass is 14.5. The first kappa shape index (κ1) is 13.4. The molecule has 1 aromatic carbocycles. The maximum atomic E-state index is 5.96. The van der Waals surface area contributed by atoms with E-state index in [-0.39, 0.29) is 0 Å². The van der Waals surface area contributed by atoms with Crippen LogP contribution in [0, 0.1) is 19.8 Å². The molecule has 1 aliphatic rings. The molecule has 0 bridgehead atoms. The van der Waals surface area contributed by atoms with Crippen LogP contribution in [-0.2, 0) is 0 Å². The average molecular weight is 243 g/mol. The molecule has 98 valence electrons. The van der Waals surface area contributed by atoms with Gasteiger partial charge < -0.3 is 5.73 Å². The van der Waals surface area contributed by atoms with Gasteiger partial charge in [0, 0.05) is 6.54 Å². The van der Waals surface area contributed by atoms with E-state index in [1.165, 1.54) is 54.4 Å². The fraction of sp³-hybridized carbons (Fsp3) is 0.529. The number of aryl methyl sites for hydroxylation is 2. The third-order valence-electron chi connectivity index (χ3n) is 3.96. The minimum Gasteiger partial charge on any atom is -0.327 e. The lowest BCUT2D eigenvalue weighted by molar-refractivity contribution is 0.401. The van der Waals surface area contributed by atoms with Crippen molar-refractivity contribution in [1.82, 2.24) is 0 Å². The normalized spacial score (nSPS) is 18.1. The molecule has 1 aliphatic carbocycles. The van der Waals surface area contributed by atoms with Crippen LogP contribution in [0.15, 0.2) is 23.8 Å². The first-order chi connectivity index (χ1) is 8.69. The third kappa shape index (κ3) is 3.46. The maximum absolute atomic E-state index is 5.96. The van der Waals surface area contributed by atoms with Crippen LogP contribution in [0.1, 0.15) is 48.8 Å². The second-order valence-corrected chi connectivity index (χ2v) is 5.68. The summed E-state index contributed by atoms with van der Waals surface area (Å²) in [6.45, 7) is 5.03. The first-order valence-corrected chi connectivity index (χ1v) is 7.18. The Kier molecular flexibility index (Phi) is 4.60. The molecule has 2 N–H and O–H groups in total. The summed E-state index contributed by atoms with van der Waals surface area (Å²) in [5.41, 5.74) is 11.4. The molecule has 2 rings (SSSR count). The second-order valence-electron chi connectivity index (χ2n) is 5.68. The lowest BCUT2D eigenvalue weighted by Gasteiger charge is -2.24. The monoisotopic (exact) mass is 243 g/mol. The van der Waals surface area contributed by atoms with Crippen molar-refractivity contribution in [3.05, 3.63) is 40.5 Å². The topological polar surface area (TPSA) is 26.0 Å². The standard InChI is InChI=1S/C17H25N/c1-13-8-14(2)10-15(9-13)11-17(12-18)16-6-4-3-5-7-16/h8-11,16H,3-7,12,18H2,1-2H3. The van der Waals surface area contributed by atoms with Crippen molar-refractivity contribution < 1.29 is 0 Å². The van der Waals surface area contributed by atoms with E-state index in [0.29, 0.717) is 6.54 Å². The van der Waals surface area contributed by atoms with Gasteiger partial charge in [0.25, 0.3) is 0 Å². The van der Waals surface area contributed by atoms with Crippen molar-refractivity contribution >= 4 is 6.08 Å². The molecular formula is C17H25N. The molecule has 1 aromatic rings. The molecule has 0 atom stereocenters. The van der Waals surface area contributed by atoms with Crippen LogP contribution < -0.4 is 5.73 Å². The molecule has 1 saturated carbocycles. The quantitative estimate of drug-likeness (QED) is 0.845. The Hall–Kier alpha value is -1.08. The predicted octanol–water partition coefficient (Wildman–Crippen LogP) is 4.23. The summed E-state index contributed by atoms with van der Waals surface area (Å²) in [4.78, 5) is 0. The number of hydrogen-bond acceptors (Lipinski definition) is 1. The minimum atomic E-state index is 0.706. The molecular weight excluding hydrogens is 218 g/mol. The molecule has 0 amide bonds.